The van der Waals surface area contributed by atoms with E-state index in [1.54, 1.807) is 54.6 Å². The Morgan fingerprint density at radius 2 is 1.39 bits per heavy atom. The highest BCUT2D eigenvalue weighted by Gasteiger charge is 2.25. The zero-order valence-corrected chi connectivity index (χ0v) is 9.74. The standard InChI is InChI=1S/C16H12F2/c17-16(18,13-15-9-5-2-6-10-15)12-11-14-7-3-1-4-8-14/h1-10H,13H2. The smallest absolute Gasteiger partial charge is 0.192 e. The molecule has 0 aliphatic rings. The lowest BCUT2D eigenvalue weighted by Gasteiger charge is -2.08. The van der Waals surface area contributed by atoms with Gasteiger partial charge < -0.3 is 0 Å². The van der Waals surface area contributed by atoms with Gasteiger partial charge in [-0.05, 0) is 23.6 Å². The van der Waals surface area contributed by atoms with E-state index >= 15 is 0 Å². The third kappa shape index (κ3) is 3.71. The Morgan fingerprint density at radius 1 is 0.833 bits per heavy atom. The van der Waals surface area contributed by atoms with Gasteiger partial charge in [-0.3, -0.25) is 0 Å². The lowest BCUT2D eigenvalue weighted by molar-refractivity contribution is 0.0671. The zero-order chi connectivity index (χ0) is 12.8. The Labute approximate surface area is 105 Å². The minimum absolute atomic E-state index is 0.353. The van der Waals surface area contributed by atoms with E-state index in [0.29, 0.717) is 11.1 Å². The first-order valence-electron chi connectivity index (χ1n) is 5.66. The van der Waals surface area contributed by atoms with Crippen molar-refractivity contribution in [2.45, 2.75) is 12.3 Å². The molecule has 0 N–H and O–H groups in total. The Morgan fingerprint density at radius 3 is 2.00 bits per heavy atom. The molecule has 0 aliphatic carbocycles. The molecule has 0 bridgehead atoms. The van der Waals surface area contributed by atoms with Crippen molar-refractivity contribution in [1.29, 1.82) is 0 Å². The Hall–Kier alpha value is -2.14. The fourth-order valence-electron chi connectivity index (χ4n) is 1.58. The van der Waals surface area contributed by atoms with Gasteiger partial charge in [-0.25, -0.2) is 0 Å². The quantitative estimate of drug-likeness (QED) is 0.700. The first kappa shape index (κ1) is 12.3. The van der Waals surface area contributed by atoms with Crippen molar-refractivity contribution in [1.82, 2.24) is 0 Å². The topological polar surface area (TPSA) is 0 Å². The van der Waals surface area contributed by atoms with Crippen LogP contribution in [-0.4, -0.2) is 5.92 Å². The van der Waals surface area contributed by atoms with Gasteiger partial charge in [-0.15, -0.1) is 0 Å². The van der Waals surface area contributed by atoms with Crippen LogP contribution in [0.2, 0.25) is 0 Å². The molecule has 0 saturated heterocycles. The van der Waals surface area contributed by atoms with Crippen molar-refractivity contribution < 1.29 is 8.78 Å². The summed E-state index contributed by atoms with van der Waals surface area (Å²) in [5, 5.41) is 0. The van der Waals surface area contributed by atoms with E-state index in [4.69, 9.17) is 0 Å². The van der Waals surface area contributed by atoms with Crippen molar-refractivity contribution >= 4 is 0 Å². The number of alkyl halides is 2. The van der Waals surface area contributed by atoms with E-state index in [0.717, 1.165) is 0 Å². The summed E-state index contributed by atoms with van der Waals surface area (Å²) in [6, 6.07) is 17.5. The van der Waals surface area contributed by atoms with Crippen molar-refractivity contribution in [3.05, 3.63) is 71.8 Å². The van der Waals surface area contributed by atoms with Gasteiger partial charge in [0, 0.05) is 12.0 Å². The highest BCUT2D eigenvalue weighted by atomic mass is 19.3. The molecular formula is C16H12F2. The van der Waals surface area contributed by atoms with Crippen LogP contribution < -0.4 is 0 Å². The fourth-order valence-corrected chi connectivity index (χ4v) is 1.58. The summed E-state index contributed by atoms with van der Waals surface area (Å²) >= 11 is 0. The minimum atomic E-state index is -3.00. The lowest BCUT2D eigenvalue weighted by Crippen LogP contribution is -2.16. The molecule has 2 heteroatoms. The monoisotopic (exact) mass is 242 g/mol. The summed E-state index contributed by atoms with van der Waals surface area (Å²) in [5.41, 5.74) is 1.19. The Balaban J connectivity index is 2.11. The molecule has 18 heavy (non-hydrogen) atoms. The van der Waals surface area contributed by atoms with E-state index in [-0.39, 0.29) is 6.42 Å². The molecule has 0 nitrogen and oxygen atoms in total. The highest BCUT2D eigenvalue weighted by molar-refractivity contribution is 5.35. The average Bonchev–Trinajstić information content (AvgIpc) is 2.38. The molecule has 0 radical (unpaired) electrons. The predicted octanol–water partition coefficient (Wildman–Crippen LogP) is 3.92. The van der Waals surface area contributed by atoms with Gasteiger partial charge in [-0.2, -0.15) is 8.78 Å². The normalized spacial score (nSPS) is 10.6. The number of rotatable bonds is 2. The number of benzene rings is 2. The van der Waals surface area contributed by atoms with Crippen LogP contribution >= 0.6 is 0 Å². The van der Waals surface area contributed by atoms with Crippen LogP contribution in [0, 0.1) is 11.8 Å². The first-order chi connectivity index (χ1) is 8.66. The molecule has 0 atom stereocenters. The van der Waals surface area contributed by atoms with E-state index in [1.807, 2.05) is 12.0 Å². The van der Waals surface area contributed by atoms with Gasteiger partial charge in [0.15, 0.2) is 0 Å². The summed E-state index contributed by atoms with van der Waals surface area (Å²) in [7, 11) is 0. The molecular weight excluding hydrogens is 230 g/mol. The van der Waals surface area contributed by atoms with Gasteiger partial charge in [0.1, 0.15) is 0 Å². The van der Waals surface area contributed by atoms with Crippen LogP contribution in [0.15, 0.2) is 60.7 Å². The van der Waals surface area contributed by atoms with Crippen molar-refractivity contribution in [2.75, 3.05) is 0 Å². The molecule has 2 aromatic carbocycles. The van der Waals surface area contributed by atoms with Crippen LogP contribution in [-0.2, 0) is 6.42 Å². The molecule has 0 saturated carbocycles. The van der Waals surface area contributed by atoms with Crippen molar-refractivity contribution in [2.24, 2.45) is 0 Å². The third-order valence-corrected chi connectivity index (χ3v) is 2.43. The maximum atomic E-state index is 13.6. The summed E-state index contributed by atoms with van der Waals surface area (Å²) in [5.74, 6) is 1.54. The predicted molar refractivity (Wildman–Crippen MR) is 68.4 cm³/mol. The Bertz CT molecular complexity index is 548. The summed E-state index contributed by atoms with van der Waals surface area (Å²) < 4.78 is 27.2. The van der Waals surface area contributed by atoms with Gasteiger partial charge in [0.2, 0.25) is 0 Å². The molecule has 90 valence electrons. The lowest BCUT2D eigenvalue weighted by atomic mass is 10.1. The van der Waals surface area contributed by atoms with E-state index in [2.05, 4.69) is 5.92 Å². The van der Waals surface area contributed by atoms with Crippen LogP contribution in [0.1, 0.15) is 11.1 Å². The van der Waals surface area contributed by atoms with Crippen LogP contribution in [0.25, 0.3) is 0 Å². The third-order valence-electron chi connectivity index (χ3n) is 2.43. The second-order valence-electron chi connectivity index (χ2n) is 3.98. The van der Waals surface area contributed by atoms with Gasteiger partial charge in [0.25, 0.3) is 0 Å². The molecule has 2 aromatic rings. The summed E-state index contributed by atoms with van der Waals surface area (Å²) in [6.45, 7) is 0. The Kier molecular flexibility index (Phi) is 3.74. The molecule has 0 spiro atoms. The van der Waals surface area contributed by atoms with E-state index in [1.165, 1.54) is 0 Å². The maximum absolute atomic E-state index is 13.6. The number of hydrogen-bond donors (Lipinski definition) is 0. The second kappa shape index (κ2) is 5.46. The summed E-state index contributed by atoms with van der Waals surface area (Å²) in [6.07, 6.45) is -0.353. The average molecular weight is 242 g/mol. The van der Waals surface area contributed by atoms with Crippen LogP contribution in [0.4, 0.5) is 8.78 Å². The second-order valence-corrected chi connectivity index (χ2v) is 3.98. The molecule has 0 aromatic heterocycles. The van der Waals surface area contributed by atoms with Gasteiger partial charge >= 0.3 is 5.92 Å². The molecule has 0 aliphatic heterocycles. The largest absolute Gasteiger partial charge is 0.312 e. The number of hydrogen-bond acceptors (Lipinski definition) is 0. The highest BCUT2D eigenvalue weighted by Crippen LogP contribution is 2.19. The molecule has 0 amide bonds. The molecule has 0 heterocycles. The molecule has 2 rings (SSSR count). The molecule has 0 fully saturated rings. The zero-order valence-electron chi connectivity index (χ0n) is 9.74. The van der Waals surface area contributed by atoms with Gasteiger partial charge in [0.05, 0.1) is 0 Å². The SMILES string of the molecule is FC(F)(C#Cc1ccccc1)Cc1ccccc1. The van der Waals surface area contributed by atoms with Crippen molar-refractivity contribution in [3.63, 3.8) is 0 Å². The maximum Gasteiger partial charge on any atom is 0.312 e. The number of halogens is 2. The minimum Gasteiger partial charge on any atom is -0.192 e. The fraction of sp³-hybridized carbons (Fsp3) is 0.125. The van der Waals surface area contributed by atoms with E-state index in [9.17, 15) is 8.78 Å². The van der Waals surface area contributed by atoms with Gasteiger partial charge in [-0.1, -0.05) is 54.5 Å². The van der Waals surface area contributed by atoms with Crippen LogP contribution in [0.5, 0.6) is 0 Å². The molecule has 0 unspecified atom stereocenters. The van der Waals surface area contributed by atoms with Crippen molar-refractivity contribution in [3.8, 4) is 11.8 Å². The van der Waals surface area contributed by atoms with E-state index < -0.39 is 5.92 Å². The first-order valence-corrected chi connectivity index (χ1v) is 5.66. The van der Waals surface area contributed by atoms with Crippen LogP contribution in [0.3, 0.4) is 0 Å². The summed E-state index contributed by atoms with van der Waals surface area (Å²) in [4.78, 5) is 0.